The van der Waals surface area contributed by atoms with Crippen LogP contribution < -0.4 is 15.5 Å². The van der Waals surface area contributed by atoms with Crippen LogP contribution in [0.4, 0.5) is 5.69 Å². The predicted octanol–water partition coefficient (Wildman–Crippen LogP) is 3.18. The van der Waals surface area contributed by atoms with Crippen molar-refractivity contribution >= 4 is 11.6 Å². The molecule has 0 aliphatic carbocycles. The van der Waals surface area contributed by atoms with Gasteiger partial charge in [-0.25, -0.2) is 0 Å². The van der Waals surface area contributed by atoms with E-state index >= 15 is 0 Å². The largest absolute Gasteiger partial charge is 0.369 e. The molecule has 0 spiro atoms. The summed E-state index contributed by atoms with van der Waals surface area (Å²) in [4.78, 5) is 6.85. The van der Waals surface area contributed by atoms with E-state index in [4.69, 9.17) is 0 Å². The Balaban J connectivity index is 1.29. The number of guanidine groups is 1. The van der Waals surface area contributed by atoms with E-state index in [-0.39, 0.29) is 0 Å². The third kappa shape index (κ3) is 5.20. The van der Waals surface area contributed by atoms with Crippen molar-refractivity contribution in [2.24, 2.45) is 4.99 Å². The zero-order valence-corrected chi connectivity index (χ0v) is 17.8. The topological polar surface area (TPSA) is 57.5 Å². The summed E-state index contributed by atoms with van der Waals surface area (Å²) in [5, 5.41) is 11.3. The van der Waals surface area contributed by atoms with E-state index in [2.05, 4.69) is 81.1 Å². The van der Waals surface area contributed by atoms with Gasteiger partial charge in [-0.1, -0.05) is 42.0 Å². The molecule has 0 saturated carbocycles. The molecule has 2 N–H and O–H groups in total. The van der Waals surface area contributed by atoms with Gasteiger partial charge in [0.15, 0.2) is 5.96 Å². The van der Waals surface area contributed by atoms with Crippen LogP contribution in [0.5, 0.6) is 0 Å². The van der Waals surface area contributed by atoms with E-state index in [1.807, 2.05) is 30.2 Å². The second kappa shape index (κ2) is 9.48. The normalized spacial score (nSPS) is 16.7. The zero-order chi connectivity index (χ0) is 20.8. The second-order valence-corrected chi connectivity index (χ2v) is 7.86. The van der Waals surface area contributed by atoms with E-state index < -0.39 is 0 Å². The van der Waals surface area contributed by atoms with Crippen LogP contribution in [0.2, 0.25) is 0 Å². The smallest absolute Gasteiger partial charge is 0.191 e. The lowest BCUT2D eigenvalue weighted by Crippen LogP contribution is -2.44. The van der Waals surface area contributed by atoms with Crippen LogP contribution in [0.25, 0.3) is 0 Å². The maximum atomic E-state index is 4.42. The highest BCUT2D eigenvalue weighted by molar-refractivity contribution is 5.80. The maximum Gasteiger partial charge on any atom is 0.191 e. The molecule has 1 unspecified atom stereocenters. The SMILES string of the molecule is CN=C(NCc1cccc(Cn2cccn2)c1)NC1CCN(c2ccc(C)cc2)C1. The fraction of sp³-hybridized carbons (Fsp3) is 0.333. The van der Waals surface area contributed by atoms with Gasteiger partial charge in [-0.3, -0.25) is 9.67 Å². The Bertz CT molecular complexity index is 962. The lowest BCUT2D eigenvalue weighted by molar-refractivity contribution is 0.648. The molecule has 0 amide bonds. The summed E-state index contributed by atoms with van der Waals surface area (Å²) in [6, 6.07) is 19.7. The van der Waals surface area contributed by atoms with Gasteiger partial charge in [-0.2, -0.15) is 5.10 Å². The van der Waals surface area contributed by atoms with Gasteiger partial charge in [0, 0.05) is 50.8 Å². The zero-order valence-electron chi connectivity index (χ0n) is 17.8. The molecule has 2 heterocycles. The Hall–Kier alpha value is -3.28. The molecule has 2 aromatic carbocycles. The number of hydrogen-bond donors (Lipinski definition) is 2. The second-order valence-electron chi connectivity index (χ2n) is 7.86. The molecule has 6 nitrogen and oxygen atoms in total. The number of nitrogens with zero attached hydrogens (tertiary/aromatic N) is 4. The van der Waals surface area contributed by atoms with Crippen molar-refractivity contribution in [2.45, 2.75) is 32.5 Å². The summed E-state index contributed by atoms with van der Waals surface area (Å²) in [6.07, 6.45) is 4.90. The molecule has 156 valence electrons. The molecular weight excluding hydrogens is 372 g/mol. The highest BCUT2D eigenvalue weighted by Crippen LogP contribution is 2.20. The minimum absolute atomic E-state index is 0.392. The lowest BCUT2D eigenvalue weighted by Gasteiger charge is -2.20. The average Bonchev–Trinajstić information content (AvgIpc) is 3.44. The number of aryl methyl sites for hydroxylation is 1. The molecule has 1 saturated heterocycles. The standard InChI is InChI=1S/C24H30N6/c1-19-7-9-23(10-8-19)29-14-11-22(18-29)28-24(25-2)26-16-20-5-3-6-21(15-20)17-30-13-4-12-27-30/h3-10,12-13,15,22H,11,14,16-18H2,1-2H3,(H2,25,26,28). The Morgan fingerprint density at radius 1 is 1.13 bits per heavy atom. The van der Waals surface area contributed by atoms with Crippen LogP contribution in [0.15, 0.2) is 72.0 Å². The maximum absolute atomic E-state index is 4.42. The minimum Gasteiger partial charge on any atom is -0.369 e. The molecule has 6 heteroatoms. The van der Waals surface area contributed by atoms with Gasteiger partial charge < -0.3 is 15.5 Å². The number of benzene rings is 2. The molecule has 3 aromatic rings. The third-order valence-electron chi connectivity index (χ3n) is 5.51. The number of aliphatic imine (C=N–C) groups is 1. The van der Waals surface area contributed by atoms with Gasteiger partial charge >= 0.3 is 0 Å². The van der Waals surface area contributed by atoms with Crippen molar-refractivity contribution < 1.29 is 0 Å². The summed E-state index contributed by atoms with van der Waals surface area (Å²) >= 11 is 0. The van der Waals surface area contributed by atoms with E-state index in [1.54, 1.807) is 0 Å². The van der Waals surface area contributed by atoms with Gasteiger partial charge in [0.25, 0.3) is 0 Å². The van der Waals surface area contributed by atoms with Crippen molar-refractivity contribution in [3.8, 4) is 0 Å². The lowest BCUT2D eigenvalue weighted by atomic mass is 10.1. The van der Waals surface area contributed by atoms with Crippen molar-refractivity contribution in [3.63, 3.8) is 0 Å². The molecule has 1 atom stereocenters. The predicted molar refractivity (Wildman–Crippen MR) is 123 cm³/mol. The van der Waals surface area contributed by atoms with Gasteiger partial charge in [0.1, 0.15) is 0 Å². The number of aromatic nitrogens is 2. The van der Waals surface area contributed by atoms with Gasteiger partial charge in [-0.05, 0) is 42.7 Å². The number of rotatable bonds is 6. The van der Waals surface area contributed by atoms with Crippen LogP contribution in [-0.4, -0.2) is 41.9 Å². The first-order valence-electron chi connectivity index (χ1n) is 10.5. The highest BCUT2D eigenvalue weighted by atomic mass is 15.3. The van der Waals surface area contributed by atoms with Gasteiger partial charge in [0.05, 0.1) is 6.54 Å². The fourth-order valence-corrected chi connectivity index (χ4v) is 3.86. The van der Waals surface area contributed by atoms with E-state index in [0.717, 1.165) is 38.6 Å². The monoisotopic (exact) mass is 402 g/mol. The third-order valence-corrected chi connectivity index (χ3v) is 5.51. The first-order chi connectivity index (χ1) is 14.7. The molecular formula is C24H30N6. The Morgan fingerprint density at radius 3 is 2.73 bits per heavy atom. The number of nitrogens with one attached hydrogen (secondary N) is 2. The Kier molecular flexibility index (Phi) is 6.32. The molecule has 0 radical (unpaired) electrons. The van der Waals surface area contributed by atoms with E-state index in [0.29, 0.717) is 6.04 Å². The van der Waals surface area contributed by atoms with Crippen LogP contribution in [0.3, 0.4) is 0 Å². The van der Waals surface area contributed by atoms with Crippen LogP contribution in [0, 0.1) is 6.92 Å². The number of hydrogen-bond acceptors (Lipinski definition) is 3. The summed E-state index contributed by atoms with van der Waals surface area (Å²) in [5.74, 6) is 0.850. The quantitative estimate of drug-likeness (QED) is 0.491. The van der Waals surface area contributed by atoms with Crippen molar-refractivity contribution in [1.29, 1.82) is 0 Å². The molecule has 0 bridgehead atoms. The average molecular weight is 403 g/mol. The summed E-state index contributed by atoms with van der Waals surface area (Å²) in [7, 11) is 1.83. The van der Waals surface area contributed by atoms with E-state index in [1.165, 1.54) is 22.4 Å². The summed E-state index contributed by atoms with van der Waals surface area (Å²) in [5.41, 5.74) is 5.06. The number of anilines is 1. The molecule has 1 aliphatic rings. The Morgan fingerprint density at radius 2 is 1.97 bits per heavy atom. The molecule has 30 heavy (non-hydrogen) atoms. The van der Waals surface area contributed by atoms with Crippen molar-refractivity contribution in [3.05, 3.63) is 83.7 Å². The van der Waals surface area contributed by atoms with Gasteiger partial charge in [0.2, 0.25) is 0 Å². The van der Waals surface area contributed by atoms with Crippen LogP contribution >= 0.6 is 0 Å². The molecule has 1 aliphatic heterocycles. The first-order valence-corrected chi connectivity index (χ1v) is 10.5. The molecule has 1 fully saturated rings. The fourth-order valence-electron chi connectivity index (χ4n) is 3.86. The minimum atomic E-state index is 0.392. The first kappa shape index (κ1) is 20.0. The van der Waals surface area contributed by atoms with E-state index in [9.17, 15) is 0 Å². The molecule has 1 aromatic heterocycles. The van der Waals surface area contributed by atoms with Crippen LogP contribution in [0.1, 0.15) is 23.1 Å². The van der Waals surface area contributed by atoms with Crippen molar-refractivity contribution in [1.82, 2.24) is 20.4 Å². The Labute approximate surface area is 178 Å². The van der Waals surface area contributed by atoms with Crippen LogP contribution in [-0.2, 0) is 13.1 Å². The molecule has 4 rings (SSSR count). The van der Waals surface area contributed by atoms with Gasteiger partial charge in [-0.15, -0.1) is 0 Å². The highest BCUT2D eigenvalue weighted by Gasteiger charge is 2.23. The summed E-state index contributed by atoms with van der Waals surface area (Å²) in [6.45, 7) is 5.70. The van der Waals surface area contributed by atoms with Crippen molar-refractivity contribution in [2.75, 3.05) is 25.0 Å². The summed E-state index contributed by atoms with van der Waals surface area (Å²) < 4.78 is 1.94.